The maximum absolute atomic E-state index is 12.1. The Hall–Kier alpha value is -1.18. The van der Waals surface area contributed by atoms with Gasteiger partial charge in [-0.3, -0.25) is 0 Å². The average molecular weight is 271 g/mol. The molecule has 0 amide bonds. The molecule has 1 fully saturated rings. The second-order valence-electron chi connectivity index (χ2n) is 4.38. The average Bonchev–Trinajstić information content (AvgIpc) is 2.82. The molecule has 1 aliphatic heterocycles. The van der Waals surface area contributed by atoms with Crippen molar-refractivity contribution in [3.05, 3.63) is 18.3 Å². The molecule has 2 unspecified atom stereocenters. The molecule has 3 N–H and O–H groups in total. The van der Waals surface area contributed by atoms with Gasteiger partial charge >= 0.3 is 0 Å². The number of nitrogens with two attached hydrogens (primary N) is 1. The number of ether oxygens (including phenoxy) is 1. The highest BCUT2D eigenvalue weighted by Crippen LogP contribution is 2.17. The van der Waals surface area contributed by atoms with Crippen LogP contribution in [0.3, 0.4) is 0 Å². The predicted octanol–water partition coefficient (Wildman–Crippen LogP) is 0.510. The number of pyridine rings is 1. The van der Waals surface area contributed by atoms with E-state index in [0.717, 1.165) is 12.8 Å². The van der Waals surface area contributed by atoms with Gasteiger partial charge in [-0.2, -0.15) is 0 Å². The lowest BCUT2D eigenvalue weighted by atomic mass is 10.1. The lowest BCUT2D eigenvalue weighted by Crippen LogP contribution is -2.40. The van der Waals surface area contributed by atoms with Crippen molar-refractivity contribution in [3.63, 3.8) is 0 Å². The molecule has 18 heavy (non-hydrogen) atoms. The summed E-state index contributed by atoms with van der Waals surface area (Å²) in [5.74, 6) is 0.293. The molecule has 2 heterocycles. The second-order valence-corrected chi connectivity index (χ2v) is 6.09. The highest BCUT2D eigenvalue weighted by Gasteiger charge is 2.26. The van der Waals surface area contributed by atoms with E-state index >= 15 is 0 Å². The predicted molar refractivity (Wildman–Crippen MR) is 67.4 cm³/mol. The zero-order chi connectivity index (χ0) is 13.2. The molecule has 1 aromatic rings. The Bertz CT molecular complexity index is 495. The number of nitrogens with zero attached hydrogens (tertiary/aromatic N) is 1. The molecular weight excluding hydrogens is 254 g/mol. The molecule has 0 spiro atoms. The fraction of sp³-hybridized carbons (Fsp3) is 0.545. The summed E-state index contributed by atoms with van der Waals surface area (Å²) in [5, 5.41) is 0. The zero-order valence-corrected chi connectivity index (χ0v) is 11.0. The topological polar surface area (TPSA) is 94.3 Å². The summed E-state index contributed by atoms with van der Waals surface area (Å²) in [6.07, 6.45) is 3.05. The van der Waals surface area contributed by atoms with Gasteiger partial charge in [0.25, 0.3) is 0 Å². The number of nitrogens with one attached hydrogen (secondary N) is 1. The molecule has 1 aliphatic rings. The third-order valence-corrected chi connectivity index (χ3v) is 4.48. The number of sulfonamides is 1. The highest BCUT2D eigenvalue weighted by molar-refractivity contribution is 7.89. The Balaban J connectivity index is 2.09. The van der Waals surface area contributed by atoms with E-state index in [1.54, 1.807) is 6.92 Å². The first-order valence-electron chi connectivity index (χ1n) is 5.84. The van der Waals surface area contributed by atoms with Crippen LogP contribution in [0, 0.1) is 0 Å². The van der Waals surface area contributed by atoms with Crippen LogP contribution < -0.4 is 10.5 Å². The van der Waals surface area contributed by atoms with Crippen LogP contribution in [0.15, 0.2) is 23.2 Å². The monoisotopic (exact) mass is 271 g/mol. The third kappa shape index (κ3) is 2.98. The van der Waals surface area contributed by atoms with Gasteiger partial charge in [0.2, 0.25) is 10.0 Å². The van der Waals surface area contributed by atoms with Gasteiger partial charge in [0.1, 0.15) is 10.7 Å². The minimum atomic E-state index is -3.56. The lowest BCUT2D eigenvalue weighted by Gasteiger charge is -2.19. The SMILES string of the molecule is CC(NS(=O)(=O)c1ccc(N)nc1)C1CCCO1. The van der Waals surface area contributed by atoms with E-state index in [9.17, 15) is 8.42 Å². The summed E-state index contributed by atoms with van der Waals surface area (Å²) in [6, 6.07) is 2.65. The molecule has 0 aromatic carbocycles. The largest absolute Gasteiger partial charge is 0.384 e. The highest BCUT2D eigenvalue weighted by atomic mass is 32.2. The van der Waals surface area contributed by atoms with E-state index in [2.05, 4.69) is 9.71 Å². The second kappa shape index (κ2) is 5.21. The fourth-order valence-electron chi connectivity index (χ4n) is 1.94. The molecule has 0 bridgehead atoms. The molecule has 2 rings (SSSR count). The van der Waals surface area contributed by atoms with Crippen LogP contribution >= 0.6 is 0 Å². The van der Waals surface area contributed by atoms with Gasteiger partial charge in [-0.15, -0.1) is 0 Å². The van der Waals surface area contributed by atoms with E-state index in [-0.39, 0.29) is 17.0 Å². The molecular formula is C11H17N3O3S. The Labute approximate surface area is 107 Å². The molecule has 7 heteroatoms. The van der Waals surface area contributed by atoms with Gasteiger partial charge in [0, 0.05) is 18.8 Å². The number of hydrogen-bond acceptors (Lipinski definition) is 5. The normalized spacial score (nSPS) is 21.9. The van der Waals surface area contributed by atoms with E-state index in [0.29, 0.717) is 12.4 Å². The van der Waals surface area contributed by atoms with Crippen LogP contribution in [-0.4, -0.2) is 32.2 Å². The van der Waals surface area contributed by atoms with E-state index in [1.165, 1.54) is 18.3 Å². The Morgan fingerprint density at radius 2 is 2.33 bits per heavy atom. The maximum Gasteiger partial charge on any atom is 0.242 e. The quantitative estimate of drug-likeness (QED) is 0.832. The van der Waals surface area contributed by atoms with Crippen LogP contribution in [-0.2, 0) is 14.8 Å². The zero-order valence-electron chi connectivity index (χ0n) is 10.2. The third-order valence-electron chi connectivity index (χ3n) is 2.93. The molecule has 1 saturated heterocycles. The molecule has 6 nitrogen and oxygen atoms in total. The van der Waals surface area contributed by atoms with E-state index < -0.39 is 10.0 Å². The Morgan fingerprint density at radius 1 is 1.56 bits per heavy atom. The van der Waals surface area contributed by atoms with Gasteiger partial charge in [-0.25, -0.2) is 18.1 Å². The Morgan fingerprint density at radius 3 is 2.89 bits per heavy atom. The molecule has 1 aromatic heterocycles. The number of anilines is 1. The standard InChI is InChI=1S/C11H17N3O3S/c1-8(10-3-2-6-17-10)14-18(15,16)9-4-5-11(12)13-7-9/h4-5,7-8,10,14H,2-3,6H2,1H3,(H2,12,13). The van der Waals surface area contributed by atoms with Crippen molar-refractivity contribution in [1.82, 2.24) is 9.71 Å². The van der Waals surface area contributed by atoms with Crippen molar-refractivity contribution in [2.75, 3.05) is 12.3 Å². The summed E-state index contributed by atoms with van der Waals surface area (Å²) in [4.78, 5) is 3.89. The van der Waals surface area contributed by atoms with Gasteiger partial charge < -0.3 is 10.5 Å². The first-order valence-corrected chi connectivity index (χ1v) is 7.33. The first kappa shape index (κ1) is 13.3. The smallest absolute Gasteiger partial charge is 0.242 e. The minimum Gasteiger partial charge on any atom is -0.384 e. The van der Waals surface area contributed by atoms with Crippen LogP contribution in [0.5, 0.6) is 0 Å². The summed E-state index contributed by atoms with van der Waals surface area (Å²) in [5.41, 5.74) is 5.42. The number of nitrogen functional groups attached to an aromatic ring is 1. The Kier molecular flexibility index (Phi) is 3.84. The van der Waals surface area contributed by atoms with E-state index in [1.807, 2.05) is 0 Å². The van der Waals surface area contributed by atoms with Crippen molar-refractivity contribution in [2.45, 2.75) is 36.8 Å². The van der Waals surface area contributed by atoms with Crippen LogP contribution in [0.4, 0.5) is 5.82 Å². The fourth-order valence-corrected chi connectivity index (χ4v) is 3.15. The molecule has 100 valence electrons. The van der Waals surface area contributed by atoms with Gasteiger partial charge in [-0.1, -0.05) is 0 Å². The summed E-state index contributed by atoms with van der Waals surface area (Å²) in [7, 11) is -3.56. The van der Waals surface area contributed by atoms with Crippen LogP contribution in [0.25, 0.3) is 0 Å². The van der Waals surface area contributed by atoms with Gasteiger partial charge in [-0.05, 0) is 31.9 Å². The maximum atomic E-state index is 12.1. The lowest BCUT2D eigenvalue weighted by molar-refractivity contribution is 0.0902. The summed E-state index contributed by atoms with van der Waals surface area (Å²) in [6.45, 7) is 2.50. The number of rotatable bonds is 4. The number of hydrogen-bond donors (Lipinski definition) is 2. The van der Waals surface area contributed by atoms with Crippen molar-refractivity contribution >= 4 is 15.8 Å². The van der Waals surface area contributed by atoms with Crippen LogP contribution in [0.2, 0.25) is 0 Å². The first-order chi connectivity index (χ1) is 8.49. The van der Waals surface area contributed by atoms with Crippen molar-refractivity contribution in [1.29, 1.82) is 0 Å². The summed E-state index contributed by atoms with van der Waals surface area (Å²) < 4.78 is 32.2. The van der Waals surface area contributed by atoms with Crippen molar-refractivity contribution < 1.29 is 13.2 Å². The van der Waals surface area contributed by atoms with E-state index in [4.69, 9.17) is 10.5 Å². The van der Waals surface area contributed by atoms with Crippen molar-refractivity contribution in [3.8, 4) is 0 Å². The van der Waals surface area contributed by atoms with Crippen molar-refractivity contribution in [2.24, 2.45) is 0 Å². The van der Waals surface area contributed by atoms with Crippen LogP contribution in [0.1, 0.15) is 19.8 Å². The number of aromatic nitrogens is 1. The van der Waals surface area contributed by atoms with Gasteiger partial charge in [0.05, 0.1) is 6.10 Å². The molecule has 0 saturated carbocycles. The summed E-state index contributed by atoms with van der Waals surface area (Å²) >= 11 is 0. The van der Waals surface area contributed by atoms with Gasteiger partial charge in [0.15, 0.2) is 0 Å². The molecule has 2 atom stereocenters. The minimum absolute atomic E-state index is 0.0542. The molecule has 0 aliphatic carbocycles. The molecule has 0 radical (unpaired) electrons.